The number of nitrogens with zero attached hydrogens (tertiary/aromatic N) is 2. The van der Waals surface area contributed by atoms with Gasteiger partial charge in [0.2, 0.25) is 5.91 Å². The quantitative estimate of drug-likeness (QED) is 0.153. The smallest absolute Gasteiger partial charge is 0.325 e. The Bertz CT molecular complexity index is 1560. The van der Waals surface area contributed by atoms with Crippen LogP contribution in [0.5, 0.6) is 0 Å². The molecule has 210 valence electrons. The number of nitrogens with one attached hydrogen (secondary N) is 1. The summed E-state index contributed by atoms with van der Waals surface area (Å²) in [6.45, 7) is 3.55. The summed E-state index contributed by atoms with van der Waals surface area (Å²) in [6.07, 6.45) is 2.79. The van der Waals surface area contributed by atoms with Gasteiger partial charge in [-0.3, -0.25) is 15.0 Å². The maximum Gasteiger partial charge on any atom is 0.325 e. The molecule has 1 aliphatic rings. The van der Waals surface area contributed by atoms with Crippen LogP contribution >= 0.6 is 0 Å². The van der Waals surface area contributed by atoms with Gasteiger partial charge >= 0.3 is 5.97 Å². The van der Waals surface area contributed by atoms with Crippen molar-refractivity contribution in [2.75, 3.05) is 29.5 Å². The topological polar surface area (TPSA) is 99.7 Å². The van der Waals surface area contributed by atoms with E-state index in [1.807, 2.05) is 66.4 Å². The van der Waals surface area contributed by atoms with Gasteiger partial charge in [-0.05, 0) is 71.8 Å². The Morgan fingerprint density at radius 2 is 1.78 bits per heavy atom. The number of rotatable bonds is 10. The van der Waals surface area contributed by atoms with E-state index in [1.54, 1.807) is 0 Å². The van der Waals surface area contributed by atoms with E-state index >= 15 is 0 Å². The van der Waals surface area contributed by atoms with Gasteiger partial charge in [0, 0.05) is 36.4 Å². The number of ether oxygens (including phenoxy) is 1. The first-order chi connectivity index (χ1) is 19.9. The number of nitrogens with two attached hydrogens (primary N) is 1. The SMILES string of the molecule is CCOC(=O)CN(Cc1cccc2ccccc12)c1ccc2c(c1)CCCN2C(=O)CCc1ccc(C(=N)N)cc1. The van der Waals surface area contributed by atoms with Crippen molar-refractivity contribution >= 4 is 39.9 Å². The molecule has 0 radical (unpaired) electrons. The minimum atomic E-state index is -0.265. The van der Waals surface area contributed by atoms with Gasteiger partial charge in [-0.25, -0.2) is 0 Å². The van der Waals surface area contributed by atoms with Crippen LogP contribution in [-0.2, 0) is 33.7 Å². The molecule has 0 saturated carbocycles. The molecule has 1 amide bonds. The number of carbonyl (C=O) groups is 2. The summed E-state index contributed by atoms with van der Waals surface area (Å²) in [4.78, 5) is 29.9. The van der Waals surface area contributed by atoms with Gasteiger partial charge in [-0.1, -0.05) is 66.7 Å². The molecule has 0 fully saturated rings. The van der Waals surface area contributed by atoms with E-state index in [2.05, 4.69) is 35.2 Å². The second-order valence-electron chi connectivity index (χ2n) is 10.4. The summed E-state index contributed by atoms with van der Waals surface area (Å²) in [5.74, 6) is -0.137. The predicted molar refractivity (Wildman–Crippen MR) is 165 cm³/mol. The minimum Gasteiger partial charge on any atom is -0.465 e. The van der Waals surface area contributed by atoms with Gasteiger partial charge in [0.1, 0.15) is 12.4 Å². The lowest BCUT2D eigenvalue weighted by Gasteiger charge is -2.32. The molecule has 0 unspecified atom stereocenters. The molecule has 0 aromatic heterocycles. The fourth-order valence-electron chi connectivity index (χ4n) is 5.51. The number of amidine groups is 1. The first kappa shape index (κ1) is 27.9. The van der Waals surface area contributed by atoms with Crippen LogP contribution in [-0.4, -0.2) is 37.4 Å². The standard InChI is InChI=1S/C34H36N4O3/c1-2-41-33(40)23-37(22-28-9-5-8-25-7-3-4-11-30(25)28)29-17-18-31-27(21-29)10-6-20-38(31)32(39)19-14-24-12-15-26(16-13-24)34(35)36/h3-5,7-9,11-13,15-18,21H,2,6,10,14,19-20,22-23H2,1H3,(H3,35,36). The van der Waals surface area contributed by atoms with Crippen molar-refractivity contribution in [1.82, 2.24) is 0 Å². The number of fused-ring (bicyclic) bond motifs is 2. The van der Waals surface area contributed by atoms with Crippen molar-refractivity contribution in [2.24, 2.45) is 5.73 Å². The van der Waals surface area contributed by atoms with Crippen LogP contribution in [0.4, 0.5) is 11.4 Å². The highest BCUT2D eigenvalue weighted by Crippen LogP contribution is 2.33. The number of hydrogen-bond acceptors (Lipinski definition) is 5. The molecule has 1 heterocycles. The molecular weight excluding hydrogens is 512 g/mol. The summed E-state index contributed by atoms with van der Waals surface area (Å²) >= 11 is 0. The Balaban J connectivity index is 1.36. The van der Waals surface area contributed by atoms with Crippen molar-refractivity contribution in [3.8, 4) is 0 Å². The van der Waals surface area contributed by atoms with E-state index in [4.69, 9.17) is 15.9 Å². The molecule has 7 heteroatoms. The average molecular weight is 549 g/mol. The number of nitrogen functional groups attached to an aromatic ring is 1. The molecule has 0 bridgehead atoms. The number of hydrogen-bond donors (Lipinski definition) is 2. The molecule has 4 aromatic rings. The van der Waals surface area contributed by atoms with Crippen molar-refractivity contribution in [2.45, 2.75) is 39.2 Å². The van der Waals surface area contributed by atoms with Gasteiger partial charge in [0.25, 0.3) is 0 Å². The molecule has 0 atom stereocenters. The van der Waals surface area contributed by atoms with Crippen LogP contribution in [0.2, 0.25) is 0 Å². The maximum absolute atomic E-state index is 13.3. The summed E-state index contributed by atoms with van der Waals surface area (Å²) < 4.78 is 5.31. The summed E-state index contributed by atoms with van der Waals surface area (Å²) in [6, 6.07) is 28.2. The molecule has 0 spiro atoms. The molecular formula is C34H36N4O3. The maximum atomic E-state index is 13.3. The van der Waals surface area contributed by atoms with Gasteiger partial charge in [-0.2, -0.15) is 0 Å². The molecule has 7 nitrogen and oxygen atoms in total. The lowest BCUT2D eigenvalue weighted by atomic mass is 9.99. The van der Waals surface area contributed by atoms with Gasteiger partial charge in [0.05, 0.1) is 6.61 Å². The third-order valence-electron chi connectivity index (χ3n) is 7.61. The van der Waals surface area contributed by atoms with Crippen molar-refractivity contribution in [3.63, 3.8) is 0 Å². The molecule has 5 rings (SSSR count). The van der Waals surface area contributed by atoms with E-state index in [0.29, 0.717) is 38.1 Å². The summed E-state index contributed by atoms with van der Waals surface area (Å²) in [5, 5.41) is 9.88. The Morgan fingerprint density at radius 3 is 2.56 bits per heavy atom. The fraction of sp³-hybridized carbons (Fsp3) is 0.265. The summed E-state index contributed by atoms with van der Waals surface area (Å²) in [5.41, 5.74) is 11.4. The zero-order valence-electron chi connectivity index (χ0n) is 23.4. The molecule has 0 aliphatic carbocycles. The van der Waals surface area contributed by atoms with Crippen LogP contribution in [0, 0.1) is 5.41 Å². The number of carbonyl (C=O) groups excluding carboxylic acids is 2. The molecule has 1 aliphatic heterocycles. The lowest BCUT2D eigenvalue weighted by molar-refractivity contribution is -0.141. The van der Waals surface area contributed by atoms with Crippen LogP contribution in [0.3, 0.4) is 0 Å². The van der Waals surface area contributed by atoms with E-state index < -0.39 is 0 Å². The van der Waals surface area contributed by atoms with Crippen LogP contribution in [0.1, 0.15) is 42.0 Å². The van der Waals surface area contributed by atoms with Gasteiger partial charge < -0.3 is 20.3 Å². The molecule has 0 saturated heterocycles. The third kappa shape index (κ3) is 6.57. The zero-order valence-corrected chi connectivity index (χ0v) is 23.4. The van der Waals surface area contributed by atoms with Gasteiger partial charge in [-0.15, -0.1) is 0 Å². The highest BCUT2D eigenvalue weighted by Gasteiger charge is 2.24. The number of benzene rings is 4. The number of anilines is 2. The van der Waals surface area contributed by atoms with Gasteiger partial charge in [0.15, 0.2) is 0 Å². The van der Waals surface area contributed by atoms with Crippen molar-refractivity contribution in [3.05, 3.63) is 107 Å². The van der Waals surface area contributed by atoms with E-state index in [9.17, 15) is 9.59 Å². The Kier molecular flexibility index (Phi) is 8.63. The van der Waals surface area contributed by atoms with Crippen molar-refractivity contribution in [1.29, 1.82) is 5.41 Å². The average Bonchev–Trinajstić information content (AvgIpc) is 2.99. The monoisotopic (exact) mass is 548 g/mol. The second-order valence-corrected chi connectivity index (χ2v) is 10.4. The highest BCUT2D eigenvalue weighted by atomic mass is 16.5. The van der Waals surface area contributed by atoms with E-state index in [-0.39, 0.29) is 24.3 Å². The van der Waals surface area contributed by atoms with Crippen LogP contribution in [0.15, 0.2) is 84.9 Å². The minimum absolute atomic E-state index is 0.0369. The van der Waals surface area contributed by atoms with E-state index in [0.717, 1.165) is 51.7 Å². The zero-order chi connectivity index (χ0) is 28.8. The Hall–Kier alpha value is -4.65. The highest BCUT2D eigenvalue weighted by molar-refractivity contribution is 5.96. The van der Waals surface area contributed by atoms with Crippen molar-refractivity contribution < 1.29 is 14.3 Å². The Morgan fingerprint density at radius 1 is 1.00 bits per heavy atom. The first-order valence-electron chi connectivity index (χ1n) is 14.2. The molecule has 3 N–H and O–H groups in total. The molecule has 41 heavy (non-hydrogen) atoms. The third-order valence-corrected chi connectivity index (χ3v) is 7.61. The Labute approximate surface area is 241 Å². The lowest BCUT2D eigenvalue weighted by Crippen LogP contribution is -2.36. The van der Waals surface area contributed by atoms with E-state index in [1.165, 1.54) is 0 Å². The fourth-order valence-corrected chi connectivity index (χ4v) is 5.51. The number of amides is 1. The first-order valence-corrected chi connectivity index (χ1v) is 14.2. The largest absolute Gasteiger partial charge is 0.465 e. The number of esters is 1. The molecule has 4 aromatic carbocycles. The summed E-state index contributed by atoms with van der Waals surface area (Å²) in [7, 11) is 0. The normalized spacial score (nSPS) is 12.6. The predicted octanol–water partition coefficient (Wildman–Crippen LogP) is 5.61. The van der Waals surface area contributed by atoms with Crippen LogP contribution in [0.25, 0.3) is 10.8 Å². The second kappa shape index (κ2) is 12.7. The number of aryl methyl sites for hydroxylation is 2. The van der Waals surface area contributed by atoms with Crippen LogP contribution < -0.4 is 15.5 Å².